The second-order valence-electron chi connectivity index (χ2n) is 6.20. The number of rotatable bonds is 7. The van der Waals surface area contributed by atoms with E-state index in [2.05, 4.69) is 45.4 Å². The van der Waals surface area contributed by atoms with Crippen LogP contribution in [0, 0.1) is 0 Å². The quantitative estimate of drug-likeness (QED) is 0.612. The SMILES string of the molecule is O=C(/C=C/c1ccsc1)NCCCN1CCN(c2ccccc2)CC1. The minimum atomic E-state index is -0.0138. The highest BCUT2D eigenvalue weighted by molar-refractivity contribution is 7.08. The predicted octanol–water partition coefficient (Wildman–Crippen LogP) is 3.09. The van der Waals surface area contributed by atoms with Crippen LogP contribution in [0.25, 0.3) is 6.08 Å². The van der Waals surface area contributed by atoms with Gasteiger partial charge in [-0.25, -0.2) is 0 Å². The van der Waals surface area contributed by atoms with Gasteiger partial charge in [0.1, 0.15) is 0 Å². The zero-order chi connectivity index (χ0) is 17.3. The molecule has 5 heteroatoms. The largest absolute Gasteiger partial charge is 0.369 e. The van der Waals surface area contributed by atoms with E-state index in [0.717, 1.165) is 51.3 Å². The van der Waals surface area contributed by atoms with Gasteiger partial charge in [-0.1, -0.05) is 18.2 Å². The normalized spacial score (nSPS) is 15.6. The van der Waals surface area contributed by atoms with E-state index in [4.69, 9.17) is 0 Å². The first kappa shape index (κ1) is 17.7. The van der Waals surface area contributed by atoms with Crippen molar-refractivity contribution in [1.82, 2.24) is 10.2 Å². The molecule has 4 nitrogen and oxygen atoms in total. The summed E-state index contributed by atoms with van der Waals surface area (Å²) in [5.74, 6) is -0.0138. The highest BCUT2D eigenvalue weighted by atomic mass is 32.1. The number of nitrogens with zero attached hydrogens (tertiary/aromatic N) is 2. The van der Waals surface area contributed by atoms with Gasteiger partial charge < -0.3 is 10.2 Å². The summed E-state index contributed by atoms with van der Waals surface area (Å²) in [4.78, 5) is 16.7. The topological polar surface area (TPSA) is 35.6 Å². The van der Waals surface area contributed by atoms with E-state index in [9.17, 15) is 4.79 Å². The molecule has 1 saturated heterocycles. The van der Waals surface area contributed by atoms with Gasteiger partial charge >= 0.3 is 0 Å². The molecule has 1 aromatic carbocycles. The fraction of sp³-hybridized carbons (Fsp3) is 0.350. The van der Waals surface area contributed by atoms with Crippen molar-refractivity contribution in [3.8, 4) is 0 Å². The third-order valence-corrected chi connectivity index (χ3v) is 5.12. The number of thiophene rings is 1. The second-order valence-corrected chi connectivity index (χ2v) is 6.98. The number of nitrogens with one attached hydrogen (secondary N) is 1. The maximum Gasteiger partial charge on any atom is 0.244 e. The first-order valence-corrected chi connectivity index (χ1v) is 9.76. The van der Waals surface area contributed by atoms with E-state index in [-0.39, 0.29) is 5.91 Å². The molecule has 3 rings (SSSR count). The molecule has 0 bridgehead atoms. The fourth-order valence-electron chi connectivity index (χ4n) is 2.98. The van der Waals surface area contributed by atoms with E-state index < -0.39 is 0 Å². The van der Waals surface area contributed by atoms with E-state index >= 15 is 0 Å². The van der Waals surface area contributed by atoms with Crippen LogP contribution in [-0.2, 0) is 4.79 Å². The molecule has 0 aliphatic carbocycles. The van der Waals surface area contributed by atoms with Crippen molar-refractivity contribution in [2.75, 3.05) is 44.2 Å². The lowest BCUT2D eigenvalue weighted by Crippen LogP contribution is -2.47. The Kier molecular flexibility index (Phi) is 6.65. The third kappa shape index (κ3) is 5.73. The van der Waals surface area contributed by atoms with Crippen molar-refractivity contribution in [3.05, 3.63) is 58.8 Å². The van der Waals surface area contributed by atoms with Gasteiger partial charge in [0.05, 0.1) is 0 Å². The Morgan fingerprint density at radius 1 is 1.12 bits per heavy atom. The lowest BCUT2D eigenvalue weighted by atomic mass is 10.2. The van der Waals surface area contributed by atoms with E-state index in [0.29, 0.717) is 0 Å². The number of carbonyl (C=O) groups excluding carboxylic acids is 1. The number of carbonyl (C=O) groups is 1. The Hall–Kier alpha value is -2.11. The lowest BCUT2D eigenvalue weighted by Gasteiger charge is -2.36. The first-order chi connectivity index (χ1) is 12.3. The van der Waals surface area contributed by atoms with Crippen molar-refractivity contribution in [1.29, 1.82) is 0 Å². The zero-order valence-corrected chi connectivity index (χ0v) is 15.3. The molecular formula is C20H25N3OS. The molecule has 0 saturated carbocycles. The summed E-state index contributed by atoms with van der Waals surface area (Å²) in [6, 6.07) is 12.6. The molecule has 1 aliphatic rings. The molecule has 2 heterocycles. The van der Waals surface area contributed by atoms with Crippen LogP contribution in [0.2, 0.25) is 0 Å². The Labute approximate surface area is 153 Å². The van der Waals surface area contributed by atoms with Gasteiger partial charge in [-0.05, 0) is 53.6 Å². The van der Waals surface area contributed by atoms with Gasteiger partial charge in [-0.2, -0.15) is 11.3 Å². The number of benzene rings is 1. The predicted molar refractivity (Wildman–Crippen MR) is 106 cm³/mol. The van der Waals surface area contributed by atoms with Gasteiger partial charge in [0.25, 0.3) is 0 Å². The molecule has 0 spiro atoms. The summed E-state index contributed by atoms with van der Waals surface area (Å²) in [5.41, 5.74) is 2.39. The molecule has 1 N–H and O–H groups in total. The van der Waals surface area contributed by atoms with E-state index in [1.54, 1.807) is 17.4 Å². The maximum absolute atomic E-state index is 11.8. The van der Waals surface area contributed by atoms with Crippen LogP contribution in [0.15, 0.2) is 53.2 Å². The molecule has 1 fully saturated rings. The average molecular weight is 356 g/mol. The van der Waals surface area contributed by atoms with Crippen LogP contribution in [0.5, 0.6) is 0 Å². The molecule has 0 radical (unpaired) electrons. The molecule has 25 heavy (non-hydrogen) atoms. The highest BCUT2D eigenvalue weighted by Crippen LogP contribution is 2.15. The van der Waals surface area contributed by atoms with Gasteiger partial charge in [0.15, 0.2) is 0 Å². The van der Waals surface area contributed by atoms with Crippen LogP contribution >= 0.6 is 11.3 Å². The van der Waals surface area contributed by atoms with Gasteiger partial charge in [-0.3, -0.25) is 9.69 Å². The highest BCUT2D eigenvalue weighted by Gasteiger charge is 2.16. The van der Waals surface area contributed by atoms with Crippen molar-refractivity contribution in [2.45, 2.75) is 6.42 Å². The summed E-state index contributed by atoms with van der Waals surface area (Å²) in [6.07, 6.45) is 4.46. The van der Waals surface area contributed by atoms with Crippen LogP contribution in [0.1, 0.15) is 12.0 Å². The van der Waals surface area contributed by atoms with E-state index in [1.165, 1.54) is 5.69 Å². The Balaban J connectivity index is 1.29. The van der Waals surface area contributed by atoms with Crippen molar-refractivity contribution < 1.29 is 4.79 Å². The minimum absolute atomic E-state index is 0.0138. The lowest BCUT2D eigenvalue weighted by molar-refractivity contribution is -0.116. The van der Waals surface area contributed by atoms with Gasteiger partial charge in [0.2, 0.25) is 5.91 Å². The Bertz CT molecular complexity index is 662. The summed E-state index contributed by atoms with van der Waals surface area (Å²) in [7, 11) is 0. The number of amides is 1. The number of hydrogen-bond acceptors (Lipinski definition) is 4. The fourth-order valence-corrected chi connectivity index (χ4v) is 3.61. The molecular weight excluding hydrogens is 330 g/mol. The smallest absolute Gasteiger partial charge is 0.244 e. The molecule has 2 aromatic rings. The molecule has 0 atom stereocenters. The van der Waals surface area contributed by atoms with Crippen molar-refractivity contribution in [3.63, 3.8) is 0 Å². The van der Waals surface area contributed by atoms with E-state index in [1.807, 2.05) is 22.9 Å². The first-order valence-electron chi connectivity index (χ1n) is 8.82. The van der Waals surface area contributed by atoms with Crippen LogP contribution in [0.3, 0.4) is 0 Å². The second kappa shape index (κ2) is 9.39. The molecule has 1 amide bonds. The Morgan fingerprint density at radius 3 is 2.64 bits per heavy atom. The van der Waals surface area contributed by atoms with Crippen LogP contribution < -0.4 is 10.2 Å². The van der Waals surface area contributed by atoms with Crippen molar-refractivity contribution in [2.24, 2.45) is 0 Å². The third-order valence-electron chi connectivity index (χ3n) is 4.41. The number of para-hydroxylation sites is 1. The van der Waals surface area contributed by atoms with Gasteiger partial charge in [0, 0.05) is 44.5 Å². The van der Waals surface area contributed by atoms with Gasteiger partial charge in [-0.15, -0.1) is 0 Å². The number of hydrogen-bond donors (Lipinski definition) is 1. The Morgan fingerprint density at radius 2 is 1.92 bits per heavy atom. The molecule has 0 unspecified atom stereocenters. The summed E-state index contributed by atoms with van der Waals surface area (Å²) in [6.45, 7) is 6.07. The van der Waals surface area contributed by atoms with Crippen molar-refractivity contribution >= 4 is 29.0 Å². The monoisotopic (exact) mass is 355 g/mol. The molecule has 1 aromatic heterocycles. The summed E-state index contributed by atoms with van der Waals surface area (Å²) < 4.78 is 0. The zero-order valence-electron chi connectivity index (χ0n) is 14.4. The van der Waals surface area contributed by atoms with Crippen LogP contribution in [0.4, 0.5) is 5.69 Å². The summed E-state index contributed by atoms with van der Waals surface area (Å²) >= 11 is 1.64. The summed E-state index contributed by atoms with van der Waals surface area (Å²) in [5, 5.41) is 7.00. The minimum Gasteiger partial charge on any atom is -0.369 e. The number of anilines is 1. The maximum atomic E-state index is 11.8. The standard InChI is InChI=1S/C20H25N3OS/c24-20(8-7-18-9-16-25-17-18)21-10-4-11-22-12-14-23(15-13-22)19-5-2-1-3-6-19/h1-3,5-9,16-17H,4,10-15H2,(H,21,24)/b8-7+. The molecule has 132 valence electrons. The number of piperazine rings is 1. The van der Waals surface area contributed by atoms with Crippen LogP contribution in [-0.4, -0.2) is 50.1 Å². The molecule has 1 aliphatic heterocycles. The average Bonchev–Trinajstić information content (AvgIpc) is 3.18.